The summed E-state index contributed by atoms with van der Waals surface area (Å²) in [7, 11) is 0. The van der Waals surface area contributed by atoms with Gasteiger partial charge in [-0.2, -0.15) is 0 Å². The third-order valence-corrected chi connectivity index (χ3v) is 6.65. The van der Waals surface area contributed by atoms with Gasteiger partial charge >= 0.3 is 18.2 Å². The fourth-order valence-corrected chi connectivity index (χ4v) is 5.12. The third-order valence-electron chi connectivity index (χ3n) is 6.65. The maximum atomic E-state index is 13.0. The maximum absolute atomic E-state index is 13.0. The van der Waals surface area contributed by atoms with E-state index >= 15 is 0 Å². The second-order valence-electron chi connectivity index (χ2n) is 8.03. The zero-order valence-corrected chi connectivity index (χ0v) is 17.4. The van der Waals surface area contributed by atoms with Crippen molar-refractivity contribution in [3.63, 3.8) is 0 Å². The first-order valence-corrected chi connectivity index (χ1v) is 10.3. The molecule has 8 heteroatoms. The highest BCUT2D eigenvalue weighted by Crippen LogP contribution is 2.47. The molecule has 31 heavy (non-hydrogen) atoms. The van der Waals surface area contributed by atoms with Gasteiger partial charge in [-0.15, -0.1) is 4.59 Å². The Balaban J connectivity index is 2.36. The smallest absolute Gasteiger partial charge is 0.371 e. The third kappa shape index (κ3) is 3.37. The van der Waals surface area contributed by atoms with Crippen molar-refractivity contribution in [2.24, 2.45) is 0 Å². The lowest BCUT2D eigenvalue weighted by Crippen LogP contribution is -2.89. The minimum atomic E-state index is -1.90. The van der Waals surface area contributed by atoms with Crippen molar-refractivity contribution in [3.8, 4) is 0 Å². The van der Waals surface area contributed by atoms with Crippen molar-refractivity contribution in [2.75, 3.05) is 6.54 Å². The quantitative estimate of drug-likeness (QED) is 0.702. The first kappa shape index (κ1) is 22.5. The number of amides is 2. The first-order chi connectivity index (χ1) is 14.8. The molecule has 8 nitrogen and oxygen atoms in total. The SMILES string of the molecule is CCC1(C(=O)O)CCC[N+](Cc2ccccc2)(C(=O)[O-])[N@@+]1(Cc1ccccc1)C(=O)[O-]. The lowest BCUT2D eigenvalue weighted by Gasteiger charge is -2.60. The van der Waals surface area contributed by atoms with Gasteiger partial charge in [0.2, 0.25) is 5.54 Å². The Labute approximate surface area is 180 Å². The van der Waals surface area contributed by atoms with Crippen LogP contribution in [0.2, 0.25) is 0 Å². The van der Waals surface area contributed by atoms with Crippen molar-refractivity contribution in [3.05, 3.63) is 71.8 Å². The first-order valence-electron chi connectivity index (χ1n) is 10.3. The molecule has 2 aromatic rings. The fourth-order valence-electron chi connectivity index (χ4n) is 5.12. The van der Waals surface area contributed by atoms with Gasteiger partial charge in [-0.05, 0) is 0 Å². The predicted molar refractivity (Wildman–Crippen MR) is 106 cm³/mol. The van der Waals surface area contributed by atoms with Crippen LogP contribution in [0.1, 0.15) is 37.3 Å². The largest absolute Gasteiger partial charge is 0.495 e. The number of aliphatic carboxylic acids is 1. The highest BCUT2D eigenvalue weighted by Gasteiger charge is 2.72. The van der Waals surface area contributed by atoms with E-state index in [9.17, 15) is 29.7 Å². The van der Waals surface area contributed by atoms with Gasteiger partial charge in [0.05, 0.1) is 0 Å². The molecule has 2 amide bonds. The summed E-state index contributed by atoms with van der Waals surface area (Å²) < 4.78 is -2.40. The summed E-state index contributed by atoms with van der Waals surface area (Å²) in [5.74, 6) is -1.35. The number of carboxylic acids is 1. The second-order valence-corrected chi connectivity index (χ2v) is 8.03. The molecule has 0 bridgehead atoms. The molecule has 1 fully saturated rings. The summed E-state index contributed by atoms with van der Waals surface area (Å²) in [6.07, 6.45) is -3.22. The molecule has 2 unspecified atom stereocenters. The van der Waals surface area contributed by atoms with Crippen LogP contribution in [0.15, 0.2) is 60.7 Å². The molecule has 164 valence electrons. The monoisotopic (exact) mass is 426 g/mol. The Hall–Kier alpha value is -3.23. The van der Waals surface area contributed by atoms with Gasteiger partial charge in [0.1, 0.15) is 6.54 Å². The van der Waals surface area contributed by atoms with E-state index in [1.54, 1.807) is 67.6 Å². The molecule has 2 aromatic carbocycles. The molecular formula is C23H26N2O6. The van der Waals surface area contributed by atoms with Crippen molar-refractivity contribution in [1.29, 1.82) is 0 Å². The normalized spacial score (nSPS) is 28.0. The van der Waals surface area contributed by atoms with E-state index in [1.807, 2.05) is 0 Å². The van der Waals surface area contributed by atoms with E-state index in [4.69, 9.17) is 0 Å². The Morgan fingerprint density at radius 3 is 1.84 bits per heavy atom. The van der Waals surface area contributed by atoms with E-state index in [0.29, 0.717) is 11.1 Å². The summed E-state index contributed by atoms with van der Waals surface area (Å²) in [6.45, 7) is 0.892. The van der Waals surface area contributed by atoms with E-state index in [-0.39, 0.29) is 38.9 Å². The molecule has 1 saturated heterocycles. The number of carbonyl (C=O) groups is 3. The minimum Gasteiger partial charge on any atom is -0.495 e. The van der Waals surface area contributed by atoms with Crippen LogP contribution in [0.4, 0.5) is 9.59 Å². The lowest BCUT2D eigenvalue weighted by molar-refractivity contribution is -1.46. The molecule has 1 heterocycles. The molecule has 1 aliphatic heterocycles. The van der Waals surface area contributed by atoms with Gasteiger partial charge in [-0.3, -0.25) is 0 Å². The molecule has 0 saturated carbocycles. The molecule has 0 radical (unpaired) electrons. The van der Waals surface area contributed by atoms with Gasteiger partial charge in [0, 0.05) is 30.4 Å². The van der Waals surface area contributed by atoms with Gasteiger partial charge in [-0.1, -0.05) is 72.2 Å². The summed E-state index contributed by atoms with van der Waals surface area (Å²) in [5.41, 5.74) is -0.827. The minimum absolute atomic E-state index is 0.0156. The van der Waals surface area contributed by atoms with Crippen LogP contribution in [0, 0.1) is 0 Å². The number of carboxylic acid groups (broad SMARTS) is 3. The van der Waals surface area contributed by atoms with Crippen LogP contribution in [-0.4, -0.2) is 44.5 Å². The van der Waals surface area contributed by atoms with E-state index in [2.05, 4.69) is 0 Å². The van der Waals surface area contributed by atoms with Crippen LogP contribution in [0.3, 0.4) is 0 Å². The Kier molecular flexibility index (Phi) is 6.15. The van der Waals surface area contributed by atoms with Crippen molar-refractivity contribution < 1.29 is 38.9 Å². The summed E-state index contributed by atoms with van der Waals surface area (Å²) >= 11 is 0. The maximum Gasteiger partial charge on any atom is 0.371 e. The fraction of sp³-hybridized carbons (Fsp3) is 0.348. The van der Waals surface area contributed by atoms with Crippen molar-refractivity contribution in [2.45, 2.75) is 44.8 Å². The Bertz CT molecular complexity index is 967. The van der Waals surface area contributed by atoms with E-state index in [1.165, 1.54) is 0 Å². The van der Waals surface area contributed by atoms with Crippen molar-refractivity contribution >= 4 is 18.2 Å². The summed E-state index contributed by atoms with van der Waals surface area (Å²) in [4.78, 5) is 38.4. The lowest BCUT2D eigenvalue weighted by atomic mass is 9.83. The molecule has 1 N–H and O–H groups in total. The highest BCUT2D eigenvalue weighted by molar-refractivity contribution is 5.79. The van der Waals surface area contributed by atoms with E-state index in [0.717, 1.165) is 0 Å². The Morgan fingerprint density at radius 2 is 1.42 bits per heavy atom. The number of nitrogens with zero attached hydrogens (tertiary/aromatic N) is 2. The van der Waals surface area contributed by atoms with Crippen LogP contribution in [0.5, 0.6) is 0 Å². The number of hydrogen-bond acceptors (Lipinski definition) is 5. The molecule has 0 aromatic heterocycles. The number of quaternary nitrogens is 2. The van der Waals surface area contributed by atoms with Crippen molar-refractivity contribution in [1.82, 2.24) is 0 Å². The van der Waals surface area contributed by atoms with Crippen LogP contribution < -0.4 is 10.2 Å². The molecular weight excluding hydrogens is 400 g/mol. The van der Waals surface area contributed by atoms with Gasteiger partial charge in [-0.25, -0.2) is 4.79 Å². The zero-order valence-electron chi connectivity index (χ0n) is 17.4. The number of hydrogen-bond donors (Lipinski definition) is 1. The van der Waals surface area contributed by atoms with Crippen LogP contribution in [-0.2, 0) is 17.9 Å². The molecule has 3 rings (SSSR count). The van der Waals surface area contributed by atoms with Gasteiger partial charge in [0.15, 0.2) is 13.1 Å². The number of rotatable bonds is 6. The molecule has 0 spiro atoms. The summed E-state index contributed by atoms with van der Waals surface area (Å²) in [5, 5.41) is 36.0. The van der Waals surface area contributed by atoms with Gasteiger partial charge in [0.25, 0.3) is 0 Å². The molecule has 3 atom stereocenters. The topological polar surface area (TPSA) is 118 Å². The van der Waals surface area contributed by atoms with Crippen LogP contribution >= 0.6 is 0 Å². The number of carbonyl (C=O) groups excluding carboxylic acids is 2. The second kappa shape index (κ2) is 8.49. The standard InChI is InChI=1S/C23H26N2O6/c1-2-23(20(26)27)14-9-15-24(21(28)29,16-18-10-5-3-6-11-18)25(23,22(30)31)17-19-12-7-4-8-13-19/h3-8,10-13H,2,9,14-17H2,1H3,(H-2,26,27,28,29,30,31)/t23?,24?,25-/m0/s1. The molecule has 0 aliphatic carbocycles. The number of benzene rings is 2. The van der Waals surface area contributed by atoms with Gasteiger partial charge < -0.3 is 24.9 Å². The van der Waals surface area contributed by atoms with E-state index < -0.39 is 32.9 Å². The zero-order chi connectivity index (χ0) is 22.7. The molecule has 1 aliphatic rings. The predicted octanol–water partition coefficient (Wildman–Crippen LogP) is 1.65. The average molecular weight is 426 g/mol. The Morgan fingerprint density at radius 1 is 0.903 bits per heavy atom. The van der Waals surface area contributed by atoms with Crippen LogP contribution in [0.25, 0.3) is 0 Å². The highest BCUT2D eigenvalue weighted by atomic mass is 16.5. The summed E-state index contributed by atoms with van der Waals surface area (Å²) in [6, 6.07) is 17.1. The average Bonchev–Trinajstić information content (AvgIpc) is 2.75.